The van der Waals surface area contributed by atoms with Crippen molar-refractivity contribution < 1.29 is 17.9 Å². The minimum atomic E-state index is -3.61. The summed E-state index contributed by atoms with van der Waals surface area (Å²) >= 11 is 0. The maximum absolute atomic E-state index is 12.4. The molecule has 1 aromatic rings. The molecule has 0 aliphatic heterocycles. The summed E-state index contributed by atoms with van der Waals surface area (Å²) in [7, 11) is 0.312. The number of nitrogens with one attached hydrogen (secondary N) is 1. The van der Waals surface area contributed by atoms with Gasteiger partial charge < -0.3 is 15.0 Å². The number of sulfonamides is 1. The van der Waals surface area contributed by atoms with E-state index in [2.05, 4.69) is 5.32 Å². The van der Waals surface area contributed by atoms with Gasteiger partial charge in [-0.3, -0.25) is 9.10 Å². The summed E-state index contributed by atoms with van der Waals surface area (Å²) in [6.07, 6.45) is 1.90. The predicted octanol–water partition coefficient (Wildman–Crippen LogP) is 1.31. The second-order valence-corrected chi connectivity index (χ2v) is 7.97. The lowest BCUT2D eigenvalue weighted by Gasteiger charge is -2.28. The summed E-state index contributed by atoms with van der Waals surface area (Å²) in [5.74, 6) is 0.332. The smallest absolute Gasteiger partial charge is 0.243 e. The summed E-state index contributed by atoms with van der Waals surface area (Å²) in [5.41, 5.74) is 0.432. The van der Waals surface area contributed by atoms with E-state index in [9.17, 15) is 13.2 Å². The molecule has 0 fully saturated rings. The Morgan fingerprint density at radius 1 is 1.24 bits per heavy atom. The van der Waals surface area contributed by atoms with E-state index in [0.717, 1.165) is 23.5 Å². The molecule has 0 aromatic heterocycles. The van der Waals surface area contributed by atoms with E-state index in [1.165, 1.54) is 0 Å². The molecule has 1 unspecified atom stereocenters. The number of carbonyl (C=O) groups is 1. The van der Waals surface area contributed by atoms with E-state index in [-0.39, 0.29) is 5.91 Å². The summed E-state index contributed by atoms with van der Waals surface area (Å²) in [4.78, 5) is 14.4. The van der Waals surface area contributed by atoms with Gasteiger partial charge in [-0.2, -0.15) is 0 Å². The third kappa shape index (κ3) is 6.91. The molecule has 1 aromatic carbocycles. The number of ether oxygens (including phenoxy) is 1. The fraction of sp³-hybridized carbons (Fsp3) is 0.588. The molecule has 0 spiro atoms. The van der Waals surface area contributed by atoms with Gasteiger partial charge in [0.2, 0.25) is 15.9 Å². The van der Waals surface area contributed by atoms with E-state index in [0.29, 0.717) is 24.6 Å². The molecule has 1 N–H and O–H groups in total. The Labute approximate surface area is 151 Å². The Morgan fingerprint density at radius 2 is 1.84 bits per heavy atom. The molecule has 1 atom stereocenters. The van der Waals surface area contributed by atoms with Crippen LogP contribution in [0.3, 0.4) is 0 Å². The largest absolute Gasteiger partial charge is 0.494 e. The van der Waals surface area contributed by atoms with Crippen molar-refractivity contribution in [3.8, 4) is 5.75 Å². The van der Waals surface area contributed by atoms with E-state index >= 15 is 0 Å². The number of benzene rings is 1. The highest BCUT2D eigenvalue weighted by molar-refractivity contribution is 7.92. The monoisotopic (exact) mass is 371 g/mol. The van der Waals surface area contributed by atoms with E-state index in [1.54, 1.807) is 31.2 Å². The molecule has 1 amide bonds. The van der Waals surface area contributed by atoms with Crippen LogP contribution in [0.1, 0.15) is 20.3 Å². The number of nitrogens with zero attached hydrogens (tertiary/aromatic N) is 2. The Morgan fingerprint density at radius 3 is 2.32 bits per heavy atom. The van der Waals surface area contributed by atoms with Crippen LogP contribution in [0.5, 0.6) is 5.75 Å². The van der Waals surface area contributed by atoms with Gasteiger partial charge in [0, 0.05) is 6.54 Å². The van der Waals surface area contributed by atoms with Crippen LogP contribution < -0.4 is 14.4 Å². The zero-order valence-electron chi connectivity index (χ0n) is 15.7. The minimum absolute atomic E-state index is 0.321. The van der Waals surface area contributed by atoms with Crippen LogP contribution in [-0.4, -0.2) is 65.3 Å². The van der Waals surface area contributed by atoms with Gasteiger partial charge in [0.15, 0.2) is 0 Å². The molecule has 0 bridgehead atoms. The van der Waals surface area contributed by atoms with Crippen molar-refractivity contribution in [2.75, 3.05) is 44.4 Å². The van der Waals surface area contributed by atoms with Gasteiger partial charge in [-0.15, -0.1) is 0 Å². The van der Waals surface area contributed by atoms with Crippen molar-refractivity contribution in [1.29, 1.82) is 0 Å². The highest BCUT2D eigenvalue weighted by Gasteiger charge is 2.28. The van der Waals surface area contributed by atoms with Crippen molar-refractivity contribution in [1.82, 2.24) is 10.2 Å². The summed E-state index contributed by atoms with van der Waals surface area (Å²) in [6.45, 7) is 5.34. The Balaban J connectivity index is 2.86. The molecule has 0 saturated carbocycles. The van der Waals surface area contributed by atoms with E-state index < -0.39 is 16.1 Å². The van der Waals surface area contributed by atoms with Gasteiger partial charge in [-0.05, 0) is 65.2 Å². The normalized spacial score (nSPS) is 12.7. The van der Waals surface area contributed by atoms with Crippen molar-refractivity contribution in [3.63, 3.8) is 0 Å². The van der Waals surface area contributed by atoms with Gasteiger partial charge >= 0.3 is 0 Å². The van der Waals surface area contributed by atoms with Crippen LogP contribution in [0, 0.1) is 0 Å². The highest BCUT2D eigenvalue weighted by atomic mass is 32.2. The molecular formula is C17H29N3O4S. The molecule has 0 aliphatic rings. The first-order valence-electron chi connectivity index (χ1n) is 8.31. The van der Waals surface area contributed by atoms with Gasteiger partial charge in [0.25, 0.3) is 0 Å². The van der Waals surface area contributed by atoms with Crippen molar-refractivity contribution in [3.05, 3.63) is 24.3 Å². The average Bonchev–Trinajstić information content (AvgIpc) is 2.52. The lowest BCUT2D eigenvalue weighted by atomic mass is 10.2. The molecule has 142 valence electrons. The Hall–Kier alpha value is -1.80. The molecule has 7 nitrogen and oxygen atoms in total. The van der Waals surface area contributed by atoms with Crippen LogP contribution in [-0.2, 0) is 14.8 Å². The number of anilines is 1. The van der Waals surface area contributed by atoms with Crippen LogP contribution in [0.2, 0.25) is 0 Å². The van der Waals surface area contributed by atoms with Gasteiger partial charge in [0.05, 0.1) is 18.6 Å². The first-order chi connectivity index (χ1) is 11.7. The molecule has 0 radical (unpaired) electrons. The minimum Gasteiger partial charge on any atom is -0.494 e. The predicted molar refractivity (Wildman–Crippen MR) is 101 cm³/mol. The molecule has 0 heterocycles. The van der Waals surface area contributed by atoms with Crippen LogP contribution in [0.15, 0.2) is 24.3 Å². The van der Waals surface area contributed by atoms with Crippen LogP contribution in [0.25, 0.3) is 0 Å². The number of hydrogen-bond acceptors (Lipinski definition) is 5. The van der Waals surface area contributed by atoms with Crippen molar-refractivity contribution >= 4 is 21.6 Å². The maximum atomic E-state index is 12.4. The second kappa shape index (κ2) is 9.62. The first-order valence-corrected chi connectivity index (χ1v) is 10.2. The van der Waals surface area contributed by atoms with Crippen LogP contribution in [0.4, 0.5) is 5.69 Å². The lowest BCUT2D eigenvalue weighted by Crippen LogP contribution is -2.48. The van der Waals surface area contributed by atoms with Gasteiger partial charge in [-0.1, -0.05) is 0 Å². The average molecular weight is 372 g/mol. The van der Waals surface area contributed by atoms with Gasteiger partial charge in [-0.25, -0.2) is 8.42 Å². The highest BCUT2D eigenvalue weighted by Crippen LogP contribution is 2.24. The molecule has 0 saturated heterocycles. The summed E-state index contributed by atoms with van der Waals surface area (Å²) in [6, 6.07) is 5.83. The Kier molecular flexibility index (Phi) is 8.18. The SMILES string of the molecule is CCOc1ccc(N(C(C)C(=O)NCCCN(C)C)S(C)(=O)=O)cc1. The summed E-state index contributed by atoms with van der Waals surface area (Å²) in [5, 5.41) is 2.80. The number of hydrogen-bond donors (Lipinski definition) is 1. The second-order valence-electron chi connectivity index (χ2n) is 6.11. The maximum Gasteiger partial charge on any atom is 0.243 e. The molecular weight excluding hydrogens is 342 g/mol. The third-order valence-electron chi connectivity index (χ3n) is 3.57. The molecule has 25 heavy (non-hydrogen) atoms. The van der Waals surface area contributed by atoms with Gasteiger partial charge in [0.1, 0.15) is 11.8 Å². The fourth-order valence-corrected chi connectivity index (χ4v) is 3.59. The molecule has 1 rings (SSSR count). The molecule has 0 aliphatic carbocycles. The number of carbonyl (C=O) groups excluding carboxylic acids is 1. The number of rotatable bonds is 10. The zero-order chi connectivity index (χ0) is 19.0. The zero-order valence-corrected chi connectivity index (χ0v) is 16.5. The van der Waals surface area contributed by atoms with Crippen molar-refractivity contribution in [2.24, 2.45) is 0 Å². The van der Waals surface area contributed by atoms with Crippen molar-refractivity contribution in [2.45, 2.75) is 26.3 Å². The quantitative estimate of drug-likeness (QED) is 0.628. The summed E-state index contributed by atoms with van der Waals surface area (Å²) < 4.78 is 30.9. The topological polar surface area (TPSA) is 79.0 Å². The first kappa shape index (κ1) is 21.2. The van der Waals surface area contributed by atoms with E-state index in [4.69, 9.17) is 4.74 Å². The van der Waals surface area contributed by atoms with Crippen LogP contribution >= 0.6 is 0 Å². The third-order valence-corrected chi connectivity index (χ3v) is 4.81. The fourth-order valence-electron chi connectivity index (χ4n) is 2.42. The lowest BCUT2D eigenvalue weighted by molar-refractivity contribution is -0.121. The number of amides is 1. The molecule has 8 heteroatoms. The Bertz CT molecular complexity index is 644. The van der Waals surface area contributed by atoms with E-state index in [1.807, 2.05) is 25.9 Å². The standard InChI is InChI=1S/C17H29N3O4S/c1-6-24-16-10-8-15(9-11-16)20(25(5,22)23)14(2)17(21)18-12-7-13-19(3)4/h8-11,14H,6-7,12-13H2,1-5H3,(H,18,21).